The summed E-state index contributed by atoms with van der Waals surface area (Å²) in [5, 5.41) is 21.2. The van der Waals surface area contributed by atoms with Crippen LogP contribution in [0, 0.1) is 22.7 Å². The van der Waals surface area contributed by atoms with Crippen LogP contribution < -0.4 is 0 Å². The van der Waals surface area contributed by atoms with E-state index in [1.54, 1.807) is 0 Å². The third-order valence-electron chi connectivity index (χ3n) is 6.02. The zero-order valence-electron chi connectivity index (χ0n) is 11.2. The molecule has 3 aliphatic rings. The van der Waals surface area contributed by atoms with Crippen molar-refractivity contribution >= 4 is 0 Å². The van der Waals surface area contributed by atoms with E-state index in [0.29, 0.717) is 12.0 Å². The van der Waals surface area contributed by atoms with Crippen LogP contribution in [0.25, 0.3) is 0 Å². The maximum atomic E-state index is 11.2. The second kappa shape index (κ2) is 2.97. The Kier molecular flexibility index (Phi) is 2.05. The van der Waals surface area contributed by atoms with E-state index in [-0.39, 0.29) is 22.7 Å². The van der Waals surface area contributed by atoms with Crippen molar-refractivity contribution in [3.8, 4) is 0 Å². The van der Waals surface area contributed by atoms with Crippen molar-refractivity contribution in [2.45, 2.75) is 58.2 Å². The lowest BCUT2D eigenvalue weighted by atomic mass is 9.66. The summed E-state index contributed by atoms with van der Waals surface area (Å²) in [7, 11) is 0. The molecule has 96 valence electrons. The molecule has 0 aromatic heterocycles. The fourth-order valence-electron chi connectivity index (χ4n) is 5.53. The number of rotatable bonds is 0. The normalized spacial score (nSPS) is 56.1. The molecule has 2 N–H and O–H groups in total. The minimum Gasteiger partial charge on any atom is -0.389 e. The van der Waals surface area contributed by atoms with Gasteiger partial charge in [0.15, 0.2) is 0 Å². The van der Waals surface area contributed by atoms with Crippen LogP contribution in [-0.4, -0.2) is 21.9 Å². The largest absolute Gasteiger partial charge is 0.389 e. The first-order chi connectivity index (χ1) is 7.72. The standard InChI is InChI=1S/C15H24O2/c1-9-11(16)7-10-8-14(4)6-5-13(2,3)12(14)15(9,10)17/h10-12,16-17H,1,5-8H2,2-4H3/t10-,11-,12-,14-,15+/m0/s1. The predicted octanol–water partition coefficient (Wildman–Crippen LogP) is 2.50. The highest BCUT2D eigenvalue weighted by Gasteiger charge is 2.70. The summed E-state index contributed by atoms with van der Waals surface area (Å²) in [6.07, 6.45) is 3.64. The summed E-state index contributed by atoms with van der Waals surface area (Å²) in [6, 6.07) is 0. The van der Waals surface area contributed by atoms with E-state index in [0.717, 1.165) is 6.42 Å². The van der Waals surface area contributed by atoms with Gasteiger partial charge in [-0.25, -0.2) is 0 Å². The second-order valence-corrected chi connectivity index (χ2v) is 7.58. The molecule has 0 bridgehead atoms. The molecule has 0 amide bonds. The molecule has 0 heterocycles. The molecule has 2 heteroatoms. The molecular weight excluding hydrogens is 212 g/mol. The summed E-state index contributed by atoms with van der Waals surface area (Å²) in [6.45, 7) is 10.9. The molecule has 3 saturated carbocycles. The van der Waals surface area contributed by atoms with E-state index in [2.05, 4.69) is 27.4 Å². The van der Waals surface area contributed by atoms with Gasteiger partial charge in [-0.1, -0.05) is 27.4 Å². The Morgan fingerprint density at radius 2 is 1.88 bits per heavy atom. The van der Waals surface area contributed by atoms with Crippen LogP contribution in [-0.2, 0) is 0 Å². The molecule has 3 rings (SSSR count). The van der Waals surface area contributed by atoms with Crippen molar-refractivity contribution in [1.82, 2.24) is 0 Å². The lowest BCUT2D eigenvalue weighted by molar-refractivity contribution is -0.0402. The van der Waals surface area contributed by atoms with Gasteiger partial charge in [0.2, 0.25) is 0 Å². The Morgan fingerprint density at radius 1 is 1.24 bits per heavy atom. The van der Waals surface area contributed by atoms with E-state index in [9.17, 15) is 10.2 Å². The average molecular weight is 236 g/mol. The van der Waals surface area contributed by atoms with Crippen LogP contribution in [0.4, 0.5) is 0 Å². The Bertz CT molecular complexity index is 386. The zero-order chi connectivity index (χ0) is 12.6. The monoisotopic (exact) mass is 236 g/mol. The third-order valence-corrected chi connectivity index (χ3v) is 6.02. The fraction of sp³-hybridized carbons (Fsp3) is 0.867. The highest BCUT2D eigenvalue weighted by atomic mass is 16.3. The lowest BCUT2D eigenvalue weighted by Crippen LogP contribution is -2.46. The van der Waals surface area contributed by atoms with Crippen LogP contribution in [0.3, 0.4) is 0 Å². The molecule has 17 heavy (non-hydrogen) atoms. The fourth-order valence-corrected chi connectivity index (χ4v) is 5.53. The quantitative estimate of drug-likeness (QED) is 0.634. The van der Waals surface area contributed by atoms with Crippen molar-refractivity contribution in [3.63, 3.8) is 0 Å². The van der Waals surface area contributed by atoms with Crippen LogP contribution in [0.15, 0.2) is 12.2 Å². The van der Waals surface area contributed by atoms with Crippen LogP contribution in [0.5, 0.6) is 0 Å². The maximum absolute atomic E-state index is 11.2. The van der Waals surface area contributed by atoms with E-state index in [1.165, 1.54) is 12.8 Å². The van der Waals surface area contributed by atoms with Crippen LogP contribution >= 0.6 is 0 Å². The van der Waals surface area contributed by atoms with Gasteiger partial charge in [0.05, 0.1) is 11.7 Å². The molecule has 3 aliphatic carbocycles. The van der Waals surface area contributed by atoms with Crippen LogP contribution in [0.1, 0.15) is 46.5 Å². The Labute approximate surface area is 104 Å². The Balaban J connectivity index is 2.11. The van der Waals surface area contributed by atoms with Gasteiger partial charge in [-0.3, -0.25) is 0 Å². The van der Waals surface area contributed by atoms with Gasteiger partial charge in [-0.05, 0) is 48.0 Å². The Hall–Kier alpha value is -0.340. The number of hydrogen-bond acceptors (Lipinski definition) is 2. The minimum absolute atomic E-state index is 0.158. The number of fused-ring (bicyclic) bond motifs is 3. The average Bonchev–Trinajstić information content (AvgIpc) is 2.66. The molecule has 3 fully saturated rings. The van der Waals surface area contributed by atoms with Crippen molar-refractivity contribution in [2.24, 2.45) is 22.7 Å². The molecule has 5 atom stereocenters. The first-order valence-corrected chi connectivity index (χ1v) is 6.81. The van der Waals surface area contributed by atoms with Crippen LogP contribution in [0.2, 0.25) is 0 Å². The molecule has 2 nitrogen and oxygen atoms in total. The van der Waals surface area contributed by atoms with Crippen molar-refractivity contribution < 1.29 is 10.2 Å². The number of aliphatic hydroxyl groups excluding tert-OH is 1. The van der Waals surface area contributed by atoms with Gasteiger partial charge >= 0.3 is 0 Å². The van der Waals surface area contributed by atoms with E-state index in [1.807, 2.05) is 0 Å². The number of aliphatic hydroxyl groups is 2. The Morgan fingerprint density at radius 3 is 2.53 bits per heavy atom. The molecule has 0 aliphatic heterocycles. The summed E-state index contributed by atoms with van der Waals surface area (Å²) < 4.78 is 0. The van der Waals surface area contributed by atoms with E-state index in [4.69, 9.17) is 0 Å². The number of hydrogen-bond donors (Lipinski definition) is 2. The van der Waals surface area contributed by atoms with Gasteiger partial charge in [-0.2, -0.15) is 0 Å². The topological polar surface area (TPSA) is 40.5 Å². The van der Waals surface area contributed by atoms with Gasteiger partial charge in [0.1, 0.15) is 0 Å². The van der Waals surface area contributed by atoms with Crippen molar-refractivity contribution in [3.05, 3.63) is 12.2 Å². The molecular formula is C15H24O2. The molecule has 0 aromatic rings. The SMILES string of the molecule is C=C1[C@@H](O)C[C@H]2C[C@]3(C)CCC(C)(C)[C@@H]3[C@@]12O. The highest BCUT2D eigenvalue weighted by molar-refractivity contribution is 5.34. The van der Waals surface area contributed by atoms with E-state index >= 15 is 0 Å². The lowest BCUT2D eigenvalue weighted by Gasteiger charge is -2.42. The molecule has 0 aromatic carbocycles. The summed E-state index contributed by atoms with van der Waals surface area (Å²) in [5.74, 6) is 0.483. The third kappa shape index (κ3) is 1.18. The zero-order valence-corrected chi connectivity index (χ0v) is 11.2. The molecule has 0 saturated heterocycles. The highest BCUT2D eigenvalue weighted by Crippen LogP contribution is 2.71. The van der Waals surface area contributed by atoms with Crippen molar-refractivity contribution in [2.75, 3.05) is 0 Å². The first kappa shape index (κ1) is 11.7. The van der Waals surface area contributed by atoms with Crippen molar-refractivity contribution in [1.29, 1.82) is 0 Å². The molecule has 0 radical (unpaired) electrons. The van der Waals surface area contributed by atoms with Gasteiger partial charge in [0.25, 0.3) is 0 Å². The maximum Gasteiger partial charge on any atom is 0.0946 e. The first-order valence-electron chi connectivity index (χ1n) is 6.81. The second-order valence-electron chi connectivity index (χ2n) is 7.58. The smallest absolute Gasteiger partial charge is 0.0946 e. The molecule has 0 spiro atoms. The van der Waals surface area contributed by atoms with E-state index < -0.39 is 11.7 Å². The summed E-state index contributed by atoms with van der Waals surface area (Å²) in [4.78, 5) is 0. The summed E-state index contributed by atoms with van der Waals surface area (Å²) >= 11 is 0. The van der Waals surface area contributed by atoms with Gasteiger partial charge in [0, 0.05) is 5.92 Å². The summed E-state index contributed by atoms with van der Waals surface area (Å²) in [5.41, 5.74) is 0.275. The predicted molar refractivity (Wildman–Crippen MR) is 67.4 cm³/mol. The van der Waals surface area contributed by atoms with Gasteiger partial charge < -0.3 is 10.2 Å². The van der Waals surface area contributed by atoms with Gasteiger partial charge in [-0.15, -0.1) is 0 Å². The molecule has 0 unspecified atom stereocenters. The minimum atomic E-state index is -0.811.